The number of thiocarbonyl (C=S) groups is 1. The lowest BCUT2D eigenvalue weighted by Crippen LogP contribution is -2.36. The fraction of sp³-hybridized carbons (Fsp3) is 0.267. The number of ether oxygens (including phenoxy) is 1. The summed E-state index contributed by atoms with van der Waals surface area (Å²) >= 11 is 12.2. The third-order valence-corrected chi connectivity index (χ3v) is 8.12. The SMILES string of the molecule is Cc1cc([C@@H]2[C@@H](c3ccccn3)NC(=S)N2c2cc(Cl)ccc2O)c(C)n1-c1ccc(N2CCOCC2)cc1. The number of pyridine rings is 1. The van der Waals surface area contributed by atoms with E-state index in [1.807, 2.05) is 23.1 Å². The van der Waals surface area contributed by atoms with Crippen molar-refractivity contribution < 1.29 is 9.84 Å². The van der Waals surface area contributed by atoms with Gasteiger partial charge in [0.25, 0.3) is 0 Å². The molecule has 2 aromatic heterocycles. The minimum Gasteiger partial charge on any atom is -0.506 e. The minimum absolute atomic E-state index is 0.114. The van der Waals surface area contributed by atoms with E-state index >= 15 is 0 Å². The maximum Gasteiger partial charge on any atom is 0.174 e. The summed E-state index contributed by atoms with van der Waals surface area (Å²) in [5, 5.41) is 15.4. The number of hydrogen-bond acceptors (Lipinski definition) is 5. The highest BCUT2D eigenvalue weighted by Gasteiger charge is 2.43. The zero-order valence-corrected chi connectivity index (χ0v) is 23.4. The highest BCUT2D eigenvalue weighted by Crippen LogP contribution is 2.46. The zero-order chi connectivity index (χ0) is 27.1. The summed E-state index contributed by atoms with van der Waals surface area (Å²) in [5.74, 6) is 0.114. The van der Waals surface area contributed by atoms with Crippen LogP contribution in [0.3, 0.4) is 0 Å². The van der Waals surface area contributed by atoms with Gasteiger partial charge in [-0.1, -0.05) is 17.7 Å². The van der Waals surface area contributed by atoms with Gasteiger partial charge in [0.1, 0.15) is 5.75 Å². The molecule has 0 radical (unpaired) electrons. The molecule has 6 rings (SSSR count). The maximum atomic E-state index is 10.9. The van der Waals surface area contributed by atoms with Crippen molar-refractivity contribution in [3.63, 3.8) is 0 Å². The Balaban J connectivity index is 1.44. The first kappa shape index (κ1) is 25.7. The molecular formula is C30H30ClN5O2S. The molecule has 0 spiro atoms. The monoisotopic (exact) mass is 559 g/mol. The van der Waals surface area contributed by atoms with Crippen LogP contribution in [0.1, 0.15) is 34.7 Å². The Bertz CT molecular complexity index is 1500. The molecule has 2 aliphatic heterocycles. The fourth-order valence-corrected chi connectivity index (χ4v) is 6.24. The normalized spacial score (nSPS) is 19.4. The second-order valence-electron chi connectivity index (χ2n) is 9.91. The molecule has 2 aliphatic rings. The number of aromatic nitrogens is 2. The smallest absolute Gasteiger partial charge is 0.174 e. The topological polar surface area (TPSA) is 65.8 Å². The van der Waals surface area contributed by atoms with Crippen molar-refractivity contribution in [2.75, 3.05) is 36.1 Å². The number of nitrogens with zero attached hydrogens (tertiary/aromatic N) is 4. The Morgan fingerprint density at radius 3 is 2.46 bits per heavy atom. The van der Waals surface area contributed by atoms with Crippen LogP contribution in [-0.2, 0) is 4.74 Å². The molecule has 39 heavy (non-hydrogen) atoms. The molecule has 4 heterocycles. The van der Waals surface area contributed by atoms with E-state index < -0.39 is 0 Å². The highest BCUT2D eigenvalue weighted by molar-refractivity contribution is 7.80. The second-order valence-corrected chi connectivity index (χ2v) is 10.7. The maximum absolute atomic E-state index is 10.9. The summed E-state index contributed by atoms with van der Waals surface area (Å²) in [7, 11) is 0. The molecule has 0 aliphatic carbocycles. The first-order valence-corrected chi connectivity index (χ1v) is 13.8. The van der Waals surface area contributed by atoms with Gasteiger partial charge in [0.15, 0.2) is 5.11 Å². The molecule has 2 saturated heterocycles. The van der Waals surface area contributed by atoms with Crippen molar-refractivity contribution in [3.8, 4) is 11.4 Å². The number of hydrogen-bond donors (Lipinski definition) is 2. The largest absolute Gasteiger partial charge is 0.506 e. The molecule has 0 amide bonds. The lowest BCUT2D eigenvalue weighted by molar-refractivity contribution is 0.122. The number of nitrogens with one attached hydrogen (secondary N) is 1. The quantitative estimate of drug-likeness (QED) is 0.297. The van der Waals surface area contributed by atoms with Crippen molar-refractivity contribution >= 4 is 40.3 Å². The summed E-state index contributed by atoms with van der Waals surface area (Å²) in [6.07, 6.45) is 1.79. The Morgan fingerprint density at radius 2 is 1.74 bits per heavy atom. The van der Waals surface area contributed by atoms with Gasteiger partial charge >= 0.3 is 0 Å². The Hall–Kier alpha value is -3.59. The molecule has 4 aromatic rings. The van der Waals surface area contributed by atoms with Gasteiger partial charge < -0.3 is 29.5 Å². The summed E-state index contributed by atoms with van der Waals surface area (Å²) in [4.78, 5) is 8.97. The van der Waals surface area contributed by atoms with Crippen molar-refractivity contribution in [1.29, 1.82) is 0 Å². The molecule has 0 unspecified atom stereocenters. The molecule has 2 aromatic carbocycles. The average Bonchev–Trinajstić information content (AvgIpc) is 3.45. The number of rotatable bonds is 5. The van der Waals surface area contributed by atoms with Crippen LogP contribution < -0.4 is 15.1 Å². The van der Waals surface area contributed by atoms with Gasteiger partial charge in [-0.2, -0.15) is 0 Å². The first-order valence-electron chi connectivity index (χ1n) is 13.0. The van der Waals surface area contributed by atoms with Crippen LogP contribution in [0, 0.1) is 13.8 Å². The number of aromatic hydroxyl groups is 1. The lowest BCUT2D eigenvalue weighted by Gasteiger charge is -2.29. The molecular weight excluding hydrogens is 530 g/mol. The van der Waals surface area contributed by atoms with Gasteiger partial charge in [-0.15, -0.1) is 0 Å². The first-order chi connectivity index (χ1) is 18.9. The van der Waals surface area contributed by atoms with Crippen molar-refractivity contribution in [2.24, 2.45) is 0 Å². The van der Waals surface area contributed by atoms with Gasteiger partial charge in [0.05, 0.1) is 36.7 Å². The molecule has 0 saturated carbocycles. The van der Waals surface area contributed by atoms with Crippen molar-refractivity contribution in [3.05, 3.63) is 101 Å². The van der Waals surface area contributed by atoms with Gasteiger partial charge in [-0.05, 0) is 92.3 Å². The van der Waals surface area contributed by atoms with Gasteiger partial charge in [0, 0.05) is 47.1 Å². The average molecular weight is 560 g/mol. The highest BCUT2D eigenvalue weighted by atomic mass is 35.5. The molecule has 2 fully saturated rings. The summed E-state index contributed by atoms with van der Waals surface area (Å²) in [6, 6.07) is 21.3. The predicted molar refractivity (Wildman–Crippen MR) is 159 cm³/mol. The van der Waals surface area contributed by atoms with Crippen LogP contribution in [-0.4, -0.2) is 46.1 Å². The number of benzene rings is 2. The van der Waals surface area contributed by atoms with E-state index in [1.54, 1.807) is 24.4 Å². The molecule has 0 bridgehead atoms. The predicted octanol–water partition coefficient (Wildman–Crippen LogP) is 5.86. The van der Waals surface area contributed by atoms with E-state index in [-0.39, 0.29) is 17.8 Å². The zero-order valence-electron chi connectivity index (χ0n) is 21.8. The van der Waals surface area contributed by atoms with Crippen molar-refractivity contribution in [1.82, 2.24) is 14.9 Å². The number of anilines is 2. The number of phenolic OH excluding ortho intramolecular Hbond substituents is 1. The van der Waals surface area contributed by atoms with Crippen LogP contribution in [0.5, 0.6) is 5.75 Å². The Labute approximate surface area is 238 Å². The summed E-state index contributed by atoms with van der Waals surface area (Å²) in [6.45, 7) is 7.57. The lowest BCUT2D eigenvalue weighted by atomic mass is 9.96. The van der Waals surface area contributed by atoms with E-state index in [0.29, 0.717) is 15.8 Å². The van der Waals surface area contributed by atoms with E-state index in [0.717, 1.165) is 54.6 Å². The fourth-order valence-electron chi connectivity index (χ4n) is 5.74. The number of aryl methyl sites for hydroxylation is 1. The van der Waals surface area contributed by atoms with Crippen LogP contribution >= 0.6 is 23.8 Å². The number of phenols is 1. The van der Waals surface area contributed by atoms with Gasteiger partial charge in [-0.25, -0.2) is 0 Å². The Kier molecular flexibility index (Phi) is 6.93. The molecule has 9 heteroatoms. The molecule has 200 valence electrons. The molecule has 2 atom stereocenters. The molecule has 7 nitrogen and oxygen atoms in total. The van der Waals surface area contributed by atoms with Gasteiger partial charge in [0.2, 0.25) is 0 Å². The standard InChI is InChI=1S/C30H30ClN5O2S/c1-19-17-24(20(2)35(19)23-9-7-22(8-10-23)34-13-15-38-16-14-34)29-28(25-5-3-4-12-32-25)33-30(39)36(29)26-18-21(31)6-11-27(26)37/h3-12,17-18,28-29,37H,13-16H2,1-2H3,(H,33,39)/t28-,29-/m1/s1. The van der Waals surface area contributed by atoms with Gasteiger partial charge in [-0.3, -0.25) is 4.98 Å². The van der Waals surface area contributed by atoms with Crippen LogP contribution in [0.25, 0.3) is 5.69 Å². The Morgan fingerprint density at radius 1 is 1.00 bits per heavy atom. The van der Waals surface area contributed by atoms with E-state index in [1.165, 1.54) is 5.69 Å². The number of morpholine rings is 1. The number of halogens is 1. The molecule has 2 N–H and O–H groups in total. The minimum atomic E-state index is -0.260. The summed E-state index contributed by atoms with van der Waals surface area (Å²) < 4.78 is 7.78. The van der Waals surface area contributed by atoms with Crippen LogP contribution in [0.2, 0.25) is 5.02 Å². The van der Waals surface area contributed by atoms with Crippen molar-refractivity contribution in [2.45, 2.75) is 25.9 Å². The third-order valence-electron chi connectivity index (χ3n) is 7.57. The van der Waals surface area contributed by atoms with E-state index in [2.05, 4.69) is 63.9 Å². The third kappa shape index (κ3) is 4.73. The second kappa shape index (κ2) is 10.5. The van der Waals surface area contributed by atoms with E-state index in [4.69, 9.17) is 28.6 Å². The summed E-state index contributed by atoms with van der Waals surface area (Å²) in [5.41, 5.74) is 7.01. The van der Waals surface area contributed by atoms with Crippen LogP contribution in [0.4, 0.5) is 11.4 Å². The van der Waals surface area contributed by atoms with E-state index in [9.17, 15) is 5.11 Å². The van der Waals surface area contributed by atoms with Crippen LogP contribution in [0.15, 0.2) is 72.9 Å².